The van der Waals surface area contributed by atoms with Crippen LogP contribution in [0.3, 0.4) is 0 Å². The minimum Gasteiger partial charge on any atom is -0.462 e. The maximum Gasteiger partial charge on any atom is 0.338 e. The number of carbonyl (C=O) groups is 3. The van der Waals surface area contributed by atoms with Gasteiger partial charge in [0.2, 0.25) is 0 Å². The number of nitrogen functional groups attached to an aromatic ring is 3. The number of nitrogens with two attached hydrogens (primary N) is 3. The largest absolute Gasteiger partial charge is 0.462 e. The van der Waals surface area contributed by atoms with Gasteiger partial charge in [-0.15, -0.1) is 0 Å². The van der Waals surface area contributed by atoms with Gasteiger partial charge in [0.1, 0.15) is 0 Å². The Morgan fingerprint density at radius 1 is 0.647 bits per heavy atom. The standard InChI is InChI=1S/C39H50N6O6/c1-2-49-37(46)25-8-12-34(31(41)18-25)44-29-16-23(17-29)22-51-39(48)27-10-13-35(32(42)20-27)45-36-21-24(36)14-15-50-38(47)26-9-11-33(30(40)19-26)43-28-6-4-3-5-7-28/h8-13,18-20,23-24,28-29,36,43-45H,2-7,14-17,21-22,40-42H2,1H3. The molecule has 12 heteroatoms. The molecule has 51 heavy (non-hydrogen) atoms. The number of benzene rings is 3. The van der Waals surface area contributed by atoms with Crippen LogP contribution < -0.4 is 33.2 Å². The first-order chi connectivity index (χ1) is 24.7. The van der Waals surface area contributed by atoms with Crippen LogP contribution in [-0.2, 0) is 14.2 Å². The summed E-state index contributed by atoms with van der Waals surface area (Å²) < 4.78 is 16.2. The monoisotopic (exact) mass is 698 g/mol. The SMILES string of the molecule is CCOC(=O)c1ccc(NC2CC(COC(=O)c3ccc(NC4CC4CCOC(=O)c4ccc(NC5CCCCC5)c(N)c4)c(N)c3)C2)c(N)c1. The van der Waals surface area contributed by atoms with Crippen LogP contribution in [0.1, 0.15) is 95.8 Å². The number of rotatable bonds is 15. The Balaban J connectivity index is 0.870. The van der Waals surface area contributed by atoms with E-state index in [-0.39, 0.29) is 24.0 Å². The normalized spacial score (nSPS) is 21.1. The highest BCUT2D eigenvalue weighted by molar-refractivity contribution is 5.93. The summed E-state index contributed by atoms with van der Waals surface area (Å²) >= 11 is 0. The van der Waals surface area contributed by atoms with E-state index < -0.39 is 11.9 Å². The molecule has 3 aliphatic carbocycles. The molecule has 2 atom stereocenters. The van der Waals surface area contributed by atoms with E-state index in [0.717, 1.165) is 55.6 Å². The Morgan fingerprint density at radius 3 is 1.71 bits per heavy atom. The lowest BCUT2D eigenvalue weighted by Crippen LogP contribution is -2.38. The zero-order chi connectivity index (χ0) is 35.9. The molecule has 0 amide bonds. The zero-order valence-electron chi connectivity index (χ0n) is 29.2. The van der Waals surface area contributed by atoms with Crippen molar-refractivity contribution < 1.29 is 28.6 Å². The molecule has 0 radical (unpaired) electrons. The molecular weight excluding hydrogens is 648 g/mol. The number of esters is 3. The lowest BCUT2D eigenvalue weighted by molar-refractivity contribution is 0.0357. The van der Waals surface area contributed by atoms with Crippen molar-refractivity contribution in [2.75, 3.05) is 53.0 Å². The summed E-state index contributed by atoms with van der Waals surface area (Å²) in [4.78, 5) is 37.3. The van der Waals surface area contributed by atoms with Gasteiger partial charge in [0.25, 0.3) is 0 Å². The van der Waals surface area contributed by atoms with Crippen molar-refractivity contribution in [3.05, 3.63) is 71.3 Å². The van der Waals surface area contributed by atoms with Gasteiger partial charge in [-0.2, -0.15) is 0 Å². The van der Waals surface area contributed by atoms with Gasteiger partial charge in [-0.1, -0.05) is 19.3 Å². The fraction of sp³-hybridized carbons (Fsp3) is 0.462. The van der Waals surface area contributed by atoms with Crippen LogP contribution in [0.25, 0.3) is 0 Å². The third kappa shape index (κ3) is 9.36. The molecule has 12 nitrogen and oxygen atoms in total. The second-order valence-electron chi connectivity index (χ2n) is 14.1. The maximum absolute atomic E-state index is 12.8. The van der Waals surface area contributed by atoms with E-state index in [0.29, 0.717) is 65.5 Å². The van der Waals surface area contributed by atoms with Gasteiger partial charge in [-0.3, -0.25) is 0 Å². The summed E-state index contributed by atoms with van der Waals surface area (Å²) in [6, 6.07) is 16.4. The molecule has 3 saturated carbocycles. The minimum absolute atomic E-state index is 0.203. The first-order valence-corrected chi connectivity index (χ1v) is 18.2. The molecule has 2 unspecified atom stereocenters. The molecule has 3 aromatic carbocycles. The molecule has 6 rings (SSSR count). The molecule has 0 saturated heterocycles. The van der Waals surface area contributed by atoms with Crippen LogP contribution >= 0.6 is 0 Å². The molecule has 0 aliphatic heterocycles. The highest BCUT2D eigenvalue weighted by atomic mass is 16.5. The molecular formula is C39H50N6O6. The Kier molecular flexibility index (Phi) is 11.4. The fourth-order valence-electron chi connectivity index (χ4n) is 6.96. The first-order valence-electron chi connectivity index (χ1n) is 18.2. The number of hydrogen-bond acceptors (Lipinski definition) is 12. The second-order valence-corrected chi connectivity index (χ2v) is 14.1. The van der Waals surface area contributed by atoms with E-state index in [9.17, 15) is 14.4 Å². The molecule has 272 valence electrons. The van der Waals surface area contributed by atoms with Gasteiger partial charge in [0.05, 0.1) is 70.6 Å². The summed E-state index contributed by atoms with van der Waals surface area (Å²) in [6.07, 6.45) is 9.38. The number of anilines is 6. The minimum atomic E-state index is -0.411. The summed E-state index contributed by atoms with van der Waals surface area (Å²) in [7, 11) is 0. The third-order valence-corrected chi connectivity index (χ3v) is 10.1. The third-order valence-electron chi connectivity index (χ3n) is 10.1. The Morgan fingerprint density at radius 2 is 1.16 bits per heavy atom. The maximum atomic E-state index is 12.8. The van der Waals surface area contributed by atoms with Crippen LogP contribution in [-0.4, -0.2) is 55.9 Å². The molecule has 3 aliphatic rings. The molecule has 9 N–H and O–H groups in total. The van der Waals surface area contributed by atoms with Gasteiger partial charge in [0.15, 0.2) is 0 Å². The zero-order valence-corrected chi connectivity index (χ0v) is 29.2. The second kappa shape index (κ2) is 16.3. The van der Waals surface area contributed by atoms with Crippen LogP contribution in [0.5, 0.6) is 0 Å². The van der Waals surface area contributed by atoms with E-state index in [1.165, 1.54) is 19.3 Å². The molecule has 0 bridgehead atoms. The van der Waals surface area contributed by atoms with Crippen LogP contribution in [0.4, 0.5) is 34.1 Å². The molecule has 3 aromatic rings. The summed E-state index contributed by atoms with van der Waals surface area (Å²) in [5.41, 5.74) is 23.9. The van der Waals surface area contributed by atoms with Gasteiger partial charge in [-0.25, -0.2) is 14.4 Å². The average molecular weight is 699 g/mol. The number of carbonyl (C=O) groups excluding carboxylic acids is 3. The Hall–Kier alpha value is -5.13. The van der Waals surface area contributed by atoms with Gasteiger partial charge in [0, 0.05) is 18.1 Å². The van der Waals surface area contributed by atoms with Crippen molar-refractivity contribution in [3.63, 3.8) is 0 Å². The highest BCUT2D eigenvalue weighted by Crippen LogP contribution is 2.38. The molecule has 0 aromatic heterocycles. The number of nitrogens with one attached hydrogen (secondary N) is 3. The summed E-state index contributed by atoms with van der Waals surface area (Å²) in [6.45, 7) is 2.70. The number of hydrogen-bond donors (Lipinski definition) is 6. The Bertz CT molecular complexity index is 1720. The average Bonchev–Trinajstić information content (AvgIpc) is 3.85. The first kappa shape index (κ1) is 35.7. The van der Waals surface area contributed by atoms with Crippen molar-refractivity contribution in [2.24, 2.45) is 11.8 Å². The van der Waals surface area contributed by atoms with Crippen molar-refractivity contribution in [1.29, 1.82) is 0 Å². The number of ether oxygens (including phenoxy) is 3. The van der Waals surface area contributed by atoms with Crippen LogP contribution in [0.15, 0.2) is 54.6 Å². The summed E-state index contributed by atoms with van der Waals surface area (Å²) in [5.74, 6) is -0.588. The highest BCUT2D eigenvalue weighted by Gasteiger charge is 2.37. The van der Waals surface area contributed by atoms with Gasteiger partial charge >= 0.3 is 17.9 Å². The topological polar surface area (TPSA) is 193 Å². The predicted octanol–water partition coefficient (Wildman–Crippen LogP) is 6.45. The van der Waals surface area contributed by atoms with E-state index >= 15 is 0 Å². The van der Waals surface area contributed by atoms with E-state index in [2.05, 4.69) is 16.0 Å². The van der Waals surface area contributed by atoms with Gasteiger partial charge < -0.3 is 47.4 Å². The van der Waals surface area contributed by atoms with Crippen molar-refractivity contribution in [2.45, 2.75) is 82.8 Å². The lowest BCUT2D eigenvalue weighted by atomic mass is 9.80. The smallest absolute Gasteiger partial charge is 0.338 e. The van der Waals surface area contributed by atoms with Crippen LogP contribution in [0, 0.1) is 11.8 Å². The predicted molar refractivity (Wildman–Crippen MR) is 200 cm³/mol. The van der Waals surface area contributed by atoms with Gasteiger partial charge in [-0.05, 0) is 112 Å². The van der Waals surface area contributed by atoms with E-state index in [4.69, 9.17) is 31.4 Å². The Labute approximate surface area is 299 Å². The van der Waals surface area contributed by atoms with Crippen molar-refractivity contribution in [3.8, 4) is 0 Å². The molecule has 0 spiro atoms. The quantitative estimate of drug-likeness (QED) is 0.0578. The van der Waals surface area contributed by atoms with Crippen LogP contribution in [0.2, 0.25) is 0 Å². The van der Waals surface area contributed by atoms with E-state index in [1.54, 1.807) is 55.5 Å². The lowest BCUT2D eigenvalue weighted by Gasteiger charge is -2.36. The molecule has 3 fully saturated rings. The van der Waals surface area contributed by atoms with Crippen molar-refractivity contribution >= 4 is 52.0 Å². The molecule has 0 heterocycles. The fourth-order valence-corrected chi connectivity index (χ4v) is 6.96. The summed E-state index contributed by atoms with van der Waals surface area (Å²) in [5, 5.41) is 10.4. The van der Waals surface area contributed by atoms with E-state index in [1.807, 2.05) is 6.07 Å². The van der Waals surface area contributed by atoms with Crippen molar-refractivity contribution in [1.82, 2.24) is 0 Å².